The molecule has 5 heteroatoms. The van der Waals surface area contributed by atoms with Crippen molar-refractivity contribution in [1.29, 1.82) is 0 Å². The van der Waals surface area contributed by atoms with Crippen LogP contribution in [-0.4, -0.2) is 62.3 Å². The fraction of sp³-hybridized carbons (Fsp3) is 0.667. The summed E-state index contributed by atoms with van der Waals surface area (Å²) in [4.78, 5) is 7.32. The topological polar surface area (TPSA) is 48.9 Å². The first-order chi connectivity index (χ1) is 12.5. The Labute approximate surface area is 159 Å². The number of morpholine rings is 1. The number of ether oxygens (including phenoxy) is 1. The number of nitrogens with zero attached hydrogens (tertiary/aromatic N) is 2. The van der Waals surface area contributed by atoms with Gasteiger partial charge >= 0.3 is 0 Å². The average molecular weight is 361 g/mol. The van der Waals surface area contributed by atoms with E-state index in [9.17, 15) is 0 Å². The highest BCUT2D eigenvalue weighted by atomic mass is 16.5. The van der Waals surface area contributed by atoms with Crippen LogP contribution in [0.5, 0.6) is 0 Å². The van der Waals surface area contributed by atoms with Crippen LogP contribution in [0.25, 0.3) is 0 Å². The lowest BCUT2D eigenvalue weighted by Crippen LogP contribution is -2.52. The fourth-order valence-electron chi connectivity index (χ4n) is 3.24. The molecule has 26 heavy (non-hydrogen) atoms. The summed E-state index contributed by atoms with van der Waals surface area (Å²) >= 11 is 0. The van der Waals surface area contributed by atoms with Crippen LogP contribution < -0.4 is 10.6 Å². The molecule has 1 heterocycles. The third-order valence-corrected chi connectivity index (χ3v) is 5.07. The predicted molar refractivity (Wildman–Crippen MR) is 110 cm³/mol. The summed E-state index contributed by atoms with van der Waals surface area (Å²) in [6.45, 7) is 15.1. The van der Waals surface area contributed by atoms with E-state index in [1.165, 1.54) is 5.56 Å². The third kappa shape index (κ3) is 6.61. The van der Waals surface area contributed by atoms with Gasteiger partial charge < -0.3 is 15.4 Å². The van der Waals surface area contributed by atoms with Gasteiger partial charge in [0.2, 0.25) is 0 Å². The van der Waals surface area contributed by atoms with Gasteiger partial charge in [0.25, 0.3) is 0 Å². The van der Waals surface area contributed by atoms with Crippen molar-refractivity contribution in [3.05, 3.63) is 35.9 Å². The second kappa shape index (κ2) is 10.5. The Morgan fingerprint density at radius 3 is 2.54 bits per heavy atom. The zero-order valence-corrected chi connectivity index (χ0v) is 16.9. The predicted octanol–water partition coefficient (Wildman–Crippen LogP) is 2.85. The SMILES string of the molecule is CCNC(=NCC(C)(C)N1CCOCC1)NCCC(C)c1ccccc1. The van der Waals surface area contributed by atoms with E-state index in [0.717, 1.165) is 58.3 Å². The van der Waals surface area contributed by atoms with Crippen LogP contribution in [0.2, 0.25) is 0 Å². The van der Waals surface area contributed by atoms with E-state index in [2.05, 4.69) is 73.6 Å². The molecule has 1 unspecified atom stereocenters. The van der Waals surface area contributed by atoms with Gasteiger partial charge in [-0.3, -0.25) is 9.89 Å². The fourth-order valence-corrected chi connectivity index (χ4v) is 3.24. The first-order valence-corrected chi connectivity index (χ1v) is 9.93. The van der Waals surface area contributed by atoms with E-state index in [-0.39, 0.29) is 5.54 Å². The minimum absolute atomic E-state index is 0.0451. The van der Waals surface area contributed by atoms with Crippen molar-refractivity contribution in [1.82, 2.24) is 15.5 Å². The van der Waals surface area contributed by atoms with Crippen molar-refractivity contribution in [2.45, 2.75) is 45.6 Å². The summed E-state index contributed by atoms with van der Waals surface area (Å²) < 4.78 is 5.47. The highest BCUT2D eigenvalue weighted by Crippen LogP contribution is 2.18. The lowest BCUT2D eigenvalue weighted by atomic mass is 9.98. The molecule has 1 atom stereocenters. The molecule has 0 aromatic heterocycles. The number of rotatable bonds is 8. The van der Waals surface area contributed by atoms with E-state index < -0.39 is 0 Å². The maximum Gasteiger partial charge on any atom is 0.191 e. The Bertz CT molecular complexity index is 538. The molecule has 1 aromatic rings. The average Bonchev–Trinajstić information content (AvgIpc) is 2.67. The number of hydrogen-bond donors (Lipinski definition) is 2. The van der Waals surface area contributed by atoms with E-state index in [0.29, 0.717) is 5.92 Å². The highest BCUT2D eigenvalue weighted by molar-refractivity contribution is 5.79. The standard InChI is InChI=1S/C21H36N4O/c1-5-22-20(23-12-11-18(2)19-9-7-6-8-10-19)24-17-21(3,4)25-13-15-26-16-14-25/h6-10,18H,5,11-17H2,1-4H3,(H2,22,23,24). The van der Waals surface area contributed by atoms with Crippen LogP contribution in [-0.2, 0) is 4.74 Å². The van der Waals surface area contributed by atoms with E-state index in [1.807, 2.05) is 0 Å². The molecule has 2 rings (SSSR count). The van der Waals surface area contributed by atoms with Crippen LogP contribution in [0, 0.1) is 0 Å². The molecule has 0 spiro atoms. The van der Waals surface area contributed by atoms with Crippen molar-refractivity contribution >= 4 is 5.96 Å². The molecule has 1 aliphatic heterocycles. The van der Waals surface area contributed by atoms with Gasteiger partial charge in [0.15, 0.2) is 5.96 Å². The van der Waals surface area contributed by atoms with Gasteiger partial charge in [-0.1, -0.05) is 37.3 Å². The number of benzene rings is 1. The lowest BCUT2D eigenvalue weighted by Gasteiger charge is -2.39. The number of hydrogen-bond acceptors (Lipinski definition) is 3. The monoisotopic (exact) mass is 360 g/mol. The summed E-state index contributed by atoms with van der Waals surface area (Å²) in [7, 11) is 0. The highest BCUT2D eigenvalue weighted by Gasteiger charge is 2.28. The van der Waals surface area contributed by atoms with Crippen LogP contribution in [0.1, 0.15) is 45.6 Å². The smallest absolute Gasteiger partial charge is 0.191 e. The Hall–Kier alpha value is -1.59. The van der Waals surface area contributed by atoms with Crippen LogP contribution in [0.3, 0.4) is 0 Å². The molecule has 1 fully saturated rings. The van der Waals surface area contributed by atoms with Crippen LogP contribution in [0.15, 0.2) is 35.3 Å². The normalized spacial score (nSPS) is 17.8. The first kappa shape index (κ1) is 20.7. The van der Waals surface area contributed by atoms with Gasteiger partial charge in [-0.25, -0.2) is 0 Å². The summed E-state index contributed by atoms with van der Waals surface area (Å²) in [5.41, 5.74) is 1.44. The largest absolute Gasteiger partial charge is 0.379 e. The Morgan fingerprint density at radius 1 is 1.19 bits per heavy atom. The van der Waals surface area contributed by atoms with Gasteiger partial charge in [0.1, 0.15) is 0 Å². The van der Waals surface area contributed by atoms with Crippen molar-refractivity contribution in [2.24, 2.45) is 4.99 Å². The minimum Gasteiger partial charge on any atom is -0.379 e. The van der Waals surface area contributed by atoms with Crippen molar-refractivity contribution in [2.75, 3.05) is 45.9 Å². The van der Waals surface area contributed by atoms with Gasteiger partial charge in [-0.15, -0.1) is 0 Å². The Balaban J connectivity index is 1.83. The second-order valence-electron chi connectivity index (χ2n) is 7.63. The van der Waals surface area contributed by atoms with Crippen LogP contribution in [0.4, 0.5) is 0 Å². The van der Waals surface area contributed by atoms with E-state index in [4.69, 9.17) is 9.73 Å². The molecule has 1 aromatic carbocycles. The molecular formula is C21H36N4O. The van der Waals surface area contributed by atoms with Gasteiger partial charge in [-0.05, 0) is 38.7 Å². The number of aliphatic imine (C=N–C) groups is 1. The maximum absolute atomic E-state index is 5.47. The summed E-state index contributed by atoms with van der Waals surface area (Å²) in [6, 6.07) is 10.7. The molecule has 5 nitrogen and oxygen atoms in total. The Kier molecular flexibility index (Phi) is 8.39. The molecule has 1 aliphatic rings. The molecule has 0 bridgehead atoms. The molecule has 0 amide bonds. The van der Waals surface area contributed by atoms with Crippen molar-refractivity contribution in [3.63, 3.8) is 0 Å². The van der Waals surface area contributed by atoms with Crippen molar-refractivity contribution < 1.29 is 4.74 Å². The zero-order valence-electron chi connectivity index (χ0n) is 16.9. The zero-order chi connectivity index (χ0) is 18.8. The van der Waals surface area contributed by atoms with Gasteiger partial charge in [0.05, 0.1) is 19.8 Å². The Morgan fingerprint density at radius 2 is 1.88 bits per heavy atom. The second-order valence-corrected chi connectivity index (χ2v) is 7.63. The maximum atomic E-state index is 5.47. The number of nitrogens with one attached hydrogen (secondary N) is 2. The van der Waals surface area contributed by atoms with Gasteiger partial charge in [0, 0.05) is 31.7 Å². The molecule has 0 saturated carbocycles. The van der Waals surface area contributed by atoms with E-state index >= 15 is 0 Å². The molecular weight excluding hydrogens is 324 g/mol. The lowest BCUT2D eigenvalue weighted by molar-refractivity contribution is -0.00683. The quantitative estimate of drug-likeness (QED) is 0.553. The first-order valence-electron chi connectivity index (χ1n) is 9.93. The van der Waals surface area contributed by atoms with E-state index in [1.54, 1.807) is 0 Å². The molecule has 0 aliphatic carbocycles. The third-order valence-electron chi connectivity index (χ3n) is 5.07. The molecule has 146 valence electrons. The minimum atomic E-state index is 0.0451. The molecule has 0 radical (unpaired) electrons. The van der Waals surface area contributed by atoms with Gasteiger partial charge in [-0.2, -0.15) is 0 Å². The van der Waals surface area contributed by atoms with Crippen LogP contribution >= 0.6 is 0 Å². The number of guanidine groups is 1. The molecule has 2 N–H and O–H groups in total. The summed E-state index contributed by atoms with van der Waals surface area (Å²) in [6.07, 6.45) is 1.08. The summed E-state index contributed by atoms with van der Waals surface area (Å²) in [5, 5.41) is 6.86. The summed E-state index contributed by atoms with van der Waals surface area (Å²) in [5.74, 6) is 1.45. The molecule has 1 saturated heterocycles. The van der Waals surface area contributed by atoms with Crippen molar-refractivity contribution in [3.8, 4) is 0 Å².